The normalized spacial score (nSPS) is 12.4. The van der Waals surface area contributed by atoms with Gasteiger partial charge in [0, 0.05) is 33.3 Å². The van der Waals surface area contributed by atoms with E-state index in [-0.39, 0.29) is 5.75 Å². The van der Waals surface area contributed by atoms with Gasteiger partial charge in [-0.15, -0.1) is 0 Å². The molecule has 31 heavy (non-hydrogen) atoms. The molecule has 1 aromatic carbocycles. The standard InChI is InChI=1S/C23H23FN4O2S/c1-6-20-18(9-7-16-11-21(15(2)25-13-16)28-31(4,5)29)23(27-14-26-20)17-8-10-22(30-3)19(24)12-17/h8,10-14H,4,6H2,1-3,5H3,(H,28,29). The molecule has 0 spiro atoms. The second-order valence-corrected chi connectivity index (χ2v) is 9.17. The van der Waals surface area contributed by atoms with Crippen molar-refractivity contribution in [2.24, 2.45) is 0 Å². The number of hydrogen-bond donors (Lipinski definition) is 1. The summed E-state index contributed by atoms with van der Waals surface area (Å²) in [6.07, 6.45) is 5.23. The SMILES string of the molecule is C=S(C)(=O)Nc1cc(C#Cc2c(CC)ncnc2-c2ccc(OC)c(F)c2)cnc1C. The summed E-state index contributed by atoms with van der Waals surface area (Å²) >= 11 is 0. The third kappa shape index (κ3) is 5.38. The van der Waals surface area contributed by atoms with Gasteiger partial charge in [0.2, 0.25) is 0 Å². The van der Waals surface area contributed by atoms with Gasteiger partial charge >= 0.3 is 0 Å². The van der Waals surface area contributed by atoms with Gasteiger partial charge in [-0.1, -0.05) is 18.8 Å². The maximum Gasteiger partial charge on any atom is 0.165 e. The van der Waals surface area contributed by atoms with Crippen molar-refractivity contribution in [3.05, 3.63) is 65.1 Å². The third-order valence-electron chi connectivity index (χ3n) is 4.43. The van der Waals surface area contributed by atoms with Crippen LogP contribution in [0.5, 0.6) is 5.75 Å². The van der Waals surface area contributed by atoms with Gasteiger partial charge in [-0.3, -0.25) is 4.98 Å². The van der Waals surface area contributed by atoms with Crippen LogP contribution in [0.15, 0.2) is 36.8 Å². The van der Waals surface area contributed by atoms with Gasteiger partial charge in [-0.25, -0.2) is 18.6 Å². The van der Waals surface area contributed by atoms with Crippen LogP contribution in [-0.4, -0.2) is 38.4 Å². The predicted octanol–water partition coefficient (Wildman–Crippen LogP) is 3.63. The van der Waals surface area contributed by atoms with Crippen LogP contribution >= 0.6 is 0 Å². The molecule has 1 unspecified atom stereocenters. The molecule has 2 heterocycles. The number of ether oxygens (including phenoxy) is 1. The van der Waals surface area contributed by atoms with E-state index < -0.39 is 15.5 Å². The molecular weight excluding hydrogens is 415 g/mol. The van der Waals surface area contributed by atoms with E-state index in [0.29, 0.717) is 40.2 Å². The number of aryl methyl sites for hydroxylation is 2. The highest BCUT2D eigenvalue weighted by atomic mass is 32.2. The van der Waals surface area contributed by atoms with Crippen LogP contribution < -0.4 is 9.46 Å². The second-order valence-electron chi connectivity index (χ2n) is 6.96. The van der Waals surface area contributed by atoms with Gasteiger partial charge in [0.05, 0.1) is 35.4 Å². The molecule has 0 aliphatic heterocycles. The molecule has 1 N–H and O–H groups in total. The van der Waals surface area contributed by atoms with Gasteiger partial charge in [-0.2, -0.15) is 0 Å². The molecule has 160 valence electrons. The van der Waals surface area contributed by atoms with E-state index in [1.54, 1.807) is 31.3 Å². The smallest absolute Gasteiger partial charge is 0.165 e. The van der Waals surface area contributed by atoms with E-state index >= 15 is 0 Å². The number of rotatable bonds is 5. The highest BCUT2D eigenvalue weighted by molar-refractivity contribution is 8.00. The van der Waals surface area contributed by atoms with Gasteiger partial charge in [0.1, 0.15) is 6.33 Å². The van der Waals surface area contributed by atoms with E-state index in [0.717, 1.165) is 5.69 Å². The second kappa shape index (κ2) is 9.14. The molecule has 3 rings (SSSR count). The van der Waals surface area contributed by atoms with Crippen molar-refractivity contribution in [3.63, 3.8) is 0 Å². The van der Waals surface area contributed by atoms with E-state index in [4.69, 9.17) is 4.74 Å². The molecule has 0 radical (unpaired) electrons. The van der Waals surface area contributed by atoms with Crippen LogP contribution in [0.4, 0.5) is 10.1 Å². The Balaban J connectivity index is 2.09. The summed E-state index contributed by atoms with van der Waals surface area (Å²) in [6.45, 7) is 3.77. The quantitative estimate of drug-likeness (QED) is 0.486. The molecule has 8 heteroatoms. The number of pyridine rings is 1. The minimum Gasteiger partial charge on any atom is -0.494 e. The fraction of sp³-hybridized carbons (Fsp3) is 0.217. The van der Waals surface area contributed by atoms with Crippen molar-refractivity contribution in [2.75, 3.05) is 18.1 Å². The van der Waals surface area contributed by atoms with Crippen LogP contribution in [0.3, 0.4) is 0 Å². The minimum absolute atomic E-state index is 0.157. The molecule has 6 nitrogen and oxygen atoms in total. The molecule has 0 saturated heterocycles. The first-order valence-corrected chi connectivity index (χ1v) is 11.6. The largest absolute Gasteiger partial charge is 0.494 e. The highest BCUT2D eigenvalue weighted by Gasteiger charge is 2.13. The van der Waals surface area contributed by atoms with Crippen molar-refractivity contribution < 1.29 is 13.3 Å². The lowest BCUT2D eigenvalue weighted by Crippen LogP contribution is -2.11. The van der Waals surface area contributed by atoms with Crippen LogP contribution in [-0.2, 0) is 16.1 Å². The number of methoxy groups -OCH3 is 1. The number of nitrogens with one attached hydrogen (secondary N) is 1. The Hall–Kier alpha value is -3.44. The average molecular weight is 439 g/mol. The topological polar surface area (TPSA) is 77.0 Å². The Labute approximate surface area is 182 Å². The Morgan fingerprint density at radius 3 is 2.65 bits per heavy atom. The van der Waals surface area contributed by atoms with Crippen molar-refractivity contribution in [1.82, 2.24) is 15.0 Å². The van der Waals surface area contributed by atoms with Gasteiger partial charge in [0.25, 0.3) is 0 Å². The molecule has 0 aliphatic rings. The molecule has 0 saturated carbocycles. The first-order chi connectivity index (χ1) is 14.7. The lowest BCUT2D eigenvalue weighted by atomic mass is 10.0. The van der Waals surface area contributed by atoms with Crippen molar-refractivity contribution in [1.29, 1.82) is 0 Å². The number of anilines is 1. The van der Waals surface area contributed by atoms with Crippen LogP contribution in [0.1, 0.15) is 29.4 Å². The van der Waals surface area contributed by atoms with E-state index in [9.17, 15) is 8.60 Å². The van der Waals surface area contributed by atoms with Crippen LogP contribution in [0.2, 0.25) is 0 Å². The fourth-order valence-electron chi connectivity index (χ4n) is 2.93. The maximum absolute atomic E-state index is 14.3. The zero-order valence-corrected chi connectivity index (χ0v) is 18.6. The maximum atomic E-state index is 14.3. The monoisotopic (exact) mass is 438 g/mol. The Morgan fingerprint density at radius 2 is 2.00 bits per heavy atom. The Bertz CT molecular complexity index is 1290. The van der Waals surface area contributed by atoms with E-state index in [1.807, 2.05) is 6.92 Å². The summed E-state index contributed by atoms with van der Waals surface area (Å²) in [7, 11) is -1.03. The lowest BCUT2D eigenvalue weighted by Gasteiger charge is -2.10. The average Bonchev–Trinajstić information content (AvgIpc) is 2.73. The van der Waals surface area contributed by atoms with Crippen molar-refractivity contribution in [3.8, 4) is 28.8 Å². The summed E-state index contributed by atoms with van der Waals surface area (Å²) in [6, 6.07) is 6.42. The Kier molecular flexibility index (Phi) is 6.56. The van der Waals surface area contributed by atoms with Gasteiger partial charge < -0.3 is 9.46 Å². The fourth-order valence-corrected chi connectivity index (χ4v) is 3.60. The first-order valence-electron chi connectivity index (χ1n) is 9.48. The summed E-state index contributed by atoms with van der Waals surface area (Å²) in [5, 5.41) is 0. The summed E-state index contributed by atoms with van der Waals surface area (Å²) in [5.41, 5.74) is 4.39. The summed E-state index contributed by atoms with van der Waals surface area (Å²) in [5.74, 6) is 9.48. The molecule has 1 atom stereocenters. The first kappa shape index (κ1) is 22.2. The van der Waals surface area contributed by atoms with E-state index in [2.05, 4.69) is 37.4 Å². The minimum atomic E-state index is -2.45. The van der Waals surface area contributed by atoms with Crippen LogP contribution in [0, 0.1) is 24.6 Å². The predicted molar refractivity (Wildman–Crippen MR) is 123 cm³/mol. The Morgan fingerprint density at radius 1 is 1.23 bits per heavy atom. The molecule has 0 amide bonds. The number of aromatic nitrogens is 3. The summed E-state index contributed by atoms with van der Waals surface area (Å²) in [4.78, 5) is 13.0. The molecular formula is C23H23FN4O2S. The highest BCUT2D eigenvalue weighted by Crippen LogP contribution is 2.27. The van der Waals surface area contributed by atoms with Crippen molar-refractivity contribution in [2.45, 2.75) is 20.3 Å². The molecule has 0 aliphatic carbocycles. The number of benzene rings is 1. The molecule has 0 bridgehead atoms. The summed E-state index contributed by atoms with van der Waals surface area (Å²) < 4.78 is 34.2. The zero-order chi connectivity index (χ0) is 22.6. The molecule has 0 fully saturated rings. The number of hydrogen-bond acceptors (Lipinski definition) is 5. The number of halogens is 1. The molecule has 3 aromatic rings. The third-order valence-corrected chi connectivity index (χ3v) is 5.08. The van der Waals surface area contributed by atoms with Gasteiger partial charge in [-0.05, 0) is 43.5 Å². The van der Waals surface area contributed by atoms with Crippen molar-refractivity contribution >= 4 is 21.3 Å². The van der Waals surface area contributed by atoms with E-state index in [1.165, 1.54) is 25.8 Å². The van der Waals surface area contributed by atoms with Crippen LogP contribution in [0.25, 0.3) is 11.3 Å². The zero-order valence-electron chi connectivity index (χ0n) is 17.8. The number of nitrogens with zero attached hydrogens (tertiary/aromatic N) is 3. The van der Waals surface area contributed by atoms with Gasteiger partial charge in [0.15, 0.2) is 11.6 Å². The molecule has 2 aromatic heterocycles. The lowest BCUT2D eigenvalue weighted by molar-refractivity contribution is 0.386.